The van der Waals surface area contributed by atoms with Gasteiger partial charge in [0.2, 0.25) is 0 Å². The average Bonchev–Trinajstić information content (AvgIpc) is 2.53. The molecule has 2 heterocycles. The highest BCUT2D eigenvalue weighted by Crippen LogP contribution is 2.09. The van der Waals surface area contributed by atoms with Gasteiger partial charge in [-0.2, -0.15) is 0 Å². The van der Waals surface area contributed by atoms with Crippen LogP contribution in [0.4, 0.5) is 0 Å². The molecule has 8 nitrogen and oxygen atoms in total. The van der Waals surface area contributed by atoms with Gasteiger partial charge in [0.05, 0.1) is 0 Å². The van der Waals surface area contributed by atoms with E-state index in [4.69, 9.17) is 10.2 Å². The zero-order valence-electron chi connectivity index (χ0n) is 17.4. The van der Waals surface area contributed by atoms with E-state index in [9.17, 15) is 19.2 Å². The van der Waals surface area contributed by atoms with Gasteiger partial charge in [0, 0.05) is 23.6 Å². The number of pyridine rings is 2. The molecule has 2 rings (SSSR count). The van der Waals surface area contributed by atoms with Gasteiger partial charge in [0.15, 0.2) is 0 Å². The van der Waals surface area contributed by atoms with E-state index in [0.717, 1.165) is 0 Å². The summed E-state index contributed by atoms with van der Waals surface area (Å²) in [5, 5.41) is 17.7. The van der Waals surface area contributed by atoms with Crippen molar-refractivity contribution < 1.29 is 19.8 Å². The highest BCUT2D eigenvalue weighted by molar-refractivity contribution is 5.89. The van der Waals surface area contributed by atoms with Crippen LogP contribution in [-0.4, -0.2) is 31.3 Å². The molecule has 2 aromatic heterocycles. The molecule has 0 fully saturated rings. The van der Waals surface area contributed by atoms with Crippen LogP contribution in [0.2, 0.25) is 0 Å². The molecule has 0 aliphatic heterocycles. The van der Waals surface area contributed by atoms with E-state index in [0.29, 0.717) is 22.5 Å². The summed E-state index contributed by atoms with van der Waals surface area (Å²) in [6.07, 6.45) is 1.62. The first-order chi connectivity index (χ1) is 13.3. The highest BCUT2D eigenvalue weighted by atomic mass is 16.4. The summed E-state index contributed by atoms with van der Waals surface area (Å²) in [6.45, 7) is 14.0. The minimum atomic E-state index is -1.20. The summed E-state index contributed by atoms with van der Waals surface area (Å²) in [4.78, 5) is 45.2. The van der Waals surface area contributed by atoms with Crippen molar-refractivity contribution in [3.05, 3.63) is 73.6 Å². The van der Waals surface area contributed by atoms with Gasteiger partial charge in [0.1, 0.15) is 11.1 Å². The van der Waals surface area contributed by atoms with Crippen molar-refractivity contribution in [2.24, 2.45) is 0 Å². The number of aromatic nitrogens is 2. The summed E-state index contributed by atoms with van der Waals surface area (Å²) in [5.41, 5.74) is 0.890. The number of carboxylic acid groups (broad SMARTS) is 2. The smallest absolute Gasteiger partial charge is 0.341 e. The Bertz CT molecular complexity index is 1050. The highest BCUT2D eigenvalue weighted by Gasteiger charge is 2.16. The summed E-state index contributed by atoms with van der Waals surface area (Å²) >= 11 is 0. The van der Waals surface area contributed by atoms with Gasteiger partial charge in [-0.1, -0.05) is 6.58 Å². The maximum Gasteiger partial charge on any atom is 0.341 e. The first-order valence-electron chi connectivity index (χ1n) is 8.88. The zero-order chi connectivity index (χ0) is 22.6. The van der Waals surface area contributed by atoms with Gasteiger partial charge < -0.3 is 14.8 Å². The van der Waals surface area contributed by atoms with Crippen LogP contribution in [0.5, 0.6) is 0 Å². The zero-order valence-corrected chi connectivity index (χ0v) is 17.4. The Morgan fingerprint density at radius 3 is 1.86 bits per heavy atom. The van der Waals surface area contributed by atoms with Gasteiger partial charge in [-0.15, -0.1) is 0 Å². The Morgan fingerprint density at radius 1 is 0.966 bits per heavy atom. The van der Waals surface area contributed by atoms with Crippen molar-refractivity contribution in [2.75, 3.05) is 0 Å². The van der Waals surface area contributed by atoms with E-state index >= 15 is 0 Å². The van der Waals surface area contributed by atoms with Gasteiger partial charge >= 0.3 is 11.9 Å². The normalized spacial score (nSPS) is 10.3. The van der Waals surface area contributed by atoms with Crippen LogP contribution in [0.3, 0.4) is 0 Å². The number of nitrogens with zero attached hydrogens (tertiary/aromatic N) is 2. The predicted molar refractivity (Wildman–Crippen MR) is 111 cm³/mol. The lowest BCUT2D eigenvalue weighted by Gasteiger charge is -2.11. The molecule has 0 spiro atoms. The average molecular weight is 402 g/mol. The predicted octanol–water partition coefficient (Wildman–Crippen LogP) is 3.09. The Balaban J connectivity index is 0.000000291. The van der Waals surface area contributed by atoms with Crippen LogP contribution in [0.15, 0.2) is 34.5 Å². The third-order valence-electron chi connectivity index (χ3n) is 4.28. The number of aromatic carboxylic acids is 2. The number of hydrogen-bond acceptors (Lipinski definition) is 4. The molecule has 0 saturated carbocycles. The topological polar surface area (TPSA) is 119 Å². The van der Waals surface area contributed by atoms with Crippen molar-refractivity contribution in [3.63, 3.8) is 0 Å². The molecular formula is C21H26N2O6. The van der Waals surface area contributed by atoms with E-state index in [-0.39, 0.29) is 17.2 Å². The monoisotopic (exact) mass is 402 g/mol. The first-order valence-corrected chi connectivity index (χ1v) is 8.88. The molecule has 0 aliphatic rings. The van der Waals surface area contributed by atoms with Crippen LogP contribution in [0, 0.1) is 20.8 Å². The molecule has 0 radical (unpaired) electrons. The maximum absolute atomic E-state index is 11.8. The van der Waals surface area contributed by atoms with Gasteiger partial charge in [0.25, 0.3) is 11.1 Å². The fraction of sp³-hybridized carbons (Fsp3) is 0.333. The minimum absolute atomic E-state index is 0.0267. The molecule has 2 N–H and O–H groups in total. The number of carbonyl (C=O) groups is 2. The summed E-state index contributed by atoms with van der Waals surface area (Å²) in [7, 11) is 0. The Hall–Kier alpha value is -3.42. The van der Waals surface area contributed by atoms with E-state index in [1.54, 1.807) is 46.0 Å². The Morgan fingerprint density at radius 2 is 1.45 bits per heavy atom. The van der Waals surface area contributed by atoms with Crippen molar-refractivity contribution in [1.29, 1.82) is 0 Å². The van der Waals surface area contributed by atoms with Crippen molar-refractivity contribution in [2.45, 2.75) is 47.6 Å². The van der Waals surface area contributed by atoms with Gasteiger partial charge in [-0.25, -0.2) is 9.59 Å². The SMILES string of the molecule is C=C(C)n1c(C)cc(C)c(C(=O)O)c1=O.Cc1ccn(C(C)C)c(=O)c1C(=O)O. The number of allylic oxidation sites excluding steroid dienone is 1. The molecular weight excluding hydrogens is 376 g/mol. The first kappa shape index (κ1) is 23.6. The fourth-order valence-corrected chi connectivity index (χ4v) is 2.93. The second-order valence-electron chi connectivity index (χ2n) is 7.01. The van der Waals surface area contributed by atoms with Gasteiger partial charge in [-0.05, 0) is 64.8 Å². The number of rotatable bonds is 4. The second kappa shape index (κ2) is 9.18. The number of aryl methyl sites for hydroxylation is 3. The molecule has 8 heteroatoms. The summed E-state index contributed by atoms with van der Waals surface area (Å²) in [6, 6.07) is 3.28. The van der Waals surface area contributed by atoms with E-state index in [2.05, 4.69) is 6.58 Å². The third-order valence-corrected chi connectivity index (χ3v) is 4.28. The standard InChI is InChI=1S/C11H13NO3.C10H13NO3/c1-6(2)12-8(4)5-7(3)9(10(12)13)11(14)15;1-6(2)11-5-4-7(3)8(9(11)12)10(13)14/h5H,1H2,2-4H3,(H,14,15);4-6H,1-3H3,(H,13,14). The van der Waals surface area contributed by atoms with Crippen LogP contribution < -0.4 is 11.1 Å². The molecule has 0 unspecified atom stereocenters. The molecule has 0 amide bonds. The molecule has 0 aliphatic carbocycles. The lowest BCUT2D eigenvalue weighted by molar-refractivity contribution is 0.0682. The molecule has 0 bridgehead atoms. The molecule has 2 aromatic rings. The number of carboxylic acids is 2. The largest absolute Gasteiger partial charge is 0.477 e. The van der Waals surface area contributed by atoms with Crippen LogP contribution in [0.1, 0.15) is 64.3 Å². The lowest BCUT2D eigenvalue weighted by atomic mass is 10.1. The molecule has 0 aromatic carbocycles. The lowest BCUT2D eigenvalue weighted by Crippen LogP contribution is -2.28. The summed E-state index contributed by atoms with van der Waals surface area (Å²) in [5.74, 6) is -2.37. The Labute approximate surface area is 168 Å². The fourth-order valence-electron chi connectivity index (χ4n) is 2.93. The van der Waals surface area contributed by atoms with Crippen molar-refractivity contribution in [1.82, 2.24) is 9.13 Å². The van der Waals surface area contributed by atoms with E-state index in [1.807, 2.05) is 13.8 Å². The van der Waals surface area contributed by atoms with Crippen molar-refractivity contribution in [3.8, 4) is 0 Å². The quantitative estimate of drug-likeness (QED) is 0.811. The molecule has 156 valence electrons. The van der Waals surface area contributed by atoms with E-state index in [1.165, 1.54) is 9.13 Å². The number of hydrogen-bond donors (Lipinski definition) is 2. The molecule has 0 atom stereocenters. The van der Waals surface area contributed by atoms with Crippen LogP contribution >= 0.6 is 0 Å². The van der Waals surface area contributed by atoms with Crippen LogP contribution in [0.25, 0.3) is 5.70 Å². The van der Waals surface area contributed by atoms with Crippen molar-refractivity contribution >= 4 is 17.6 Å². The Kier molecular flexibility index (Phi) is 7.48. The van der Waals surface area contributed by atoms with E-state index < -0.39 is 23.1 Å². The molecule has 29 heavy (non-hydrogen) atoms. The molecule has 0 saturated heterocycles. The second-order valence-corrected chi connectivity index (χ2v) is 7.01. The summed E-state index contributed by atoms with van der Waals surface area (Å²) < 4.78 is 2.72. The third kappa shape index (κ3) is 5.10. The van der Waals surface area contributed by atoms with Gasteiger partial charge in [-0.3, -0.25) is 14.2 Å². The van der Waals surface area contributed by atoms with Crippen LogP contribution in [-0.2, 0) is 0 Å². The maximum atomic E-state index is 11.8. The minimum Gasteiger partial charge on any atom is -0.477 e.